The van der Waals surface area contributed by atoms with Gasteiger partial charge in [0.1, 0.15) is 0 Å². The van der Waals surface area contributed by atoms with Crippen molar-refractivity contribution in [1.82, 2.24) is 10.4 Å². The number of hydrogen-bond acceptors (Lipinski definition) is 3. The van der Waals surface area contributed by atoms with Gasteiger partial charge in [-0.1, -0.05) is 55.5 Å². The highest BCUT2D eigenvalue weighted by Crippen LogP contribution is 2.18. The van der Waals surface area contributed by atoms with E-state index in [1.165, 1.54) is 5.56 Å². The van der Waals surface area contributed by atoms with Crippen molar-refractivity contribution in [3.8, 4) is 0 Å². The number of benzene rings is 2. The minimum Gasteiger partial charge on any atom is -0.267 e. The van der Waals surface area contributed by atoms with Gasteiger partial charge >= 0.3 is 0 Å². The summed E-state index contributed by atoms with van der Waals surface area (Å²) >= 11 is 0. The highest BCUT2D eigenvalue weighted by atomic mass is 16.2. The maximum absolute atomic E-state index is 12.6. The second kappa shape index (κ2) is 7.71. The molecule has 1 N–H and O–H groups in total. The lowest BCUT2D eigenvalue weighted by molar-refractivity contribution is 0.0956. The number of amides is 1. The molecule has 0 fully saturated rings. The maximum atomic E-state index is 12.6. The number of carbonyl (C=O) groups excluding carboxylic acids is 1. The molecule has 1 heterocycles. The van der Waals surface area contributed by atoms with E-state index in [4.69, 9.17) is 0 Å². The Morgan fingerprint density at radius 1 is 1.08 bits per heavy atom. The van der Waals surface area contributed by atoms with Crippen LogP contribution >= 0.6 is 0 Å². The zero-order valence-electron chi connectivity index (χ0n) is 14.5. The van der Waals surface area contributed by atoms with Crippen molar-refractivity contribution in [2.24, 2.45) is 5.10 Å². The Hall–Kier alpha value is -3.01. The van der Waals surface area contributed by atoms with Crippen molar-refractivity contribution in [3.63, 3.8) is 0 Å². The van der Waals surface area contributed by atoms with Crippen LogP contribution in [-0.4, -0.2) is 16.6 Å². The molecular formula is C21H21N3O. The van der Waals surface area contributed by atoms with E-state index in [1.807, 2.05) is 56.3 Å². The largest absolute Gasteiger partial charge is 0.272 e. The normalized spacial score (nSPS) is 11.5. The van der Waals surface area contributed by atoms with Crippen molar-refractivity contribution in [3.05, 3.63) is 77.5 Å². The zero-order valence-corrected chi connectivity index (χ0v) is 14.5. The van der Waals surface area contributed by atoms with Crippen LogP contribution in [0.3, 0.4) is 0 Å². The summed E-state index contributed by atoms with van der Waals surface area (Å²) < 4.78 is 0. The third-order valence-corrected chi connectivity index (χ3v) is 4.06. The first-order valence-electron chi connectivity index (χ1n) is 8.43. The Kier molecular flexibility index (Phi) is 5.19. The van der Waals surface area contributed by atoms with Gasteiger partial charge in [0, 0.05) is 23.2 Å². The van der Waals surface area contributed by atoms with E-state index in [1.54, 1.807) is 6.07 Å². The average Bonchev–Trinajstić information content (AvgIpc) is 2.65. The molecule has 126 valence electrons. The lowest BCUT2D eigenvalue weighted by Crippen LogP contribution is -2.21. The van der Waals surface area contributed by atoms with Crippen molar-refractivity contribution in [2.45, 2.75) is 26.7 Å². The number of fused-ring (bicyclic) bond motifs is 1. The lowest BCUT2D eigenvalue weighted by atomic mass is 10.1. The van der Waals surface area contributed by atoms with E-state index < -0.39 is 0 Å². The summed E-state index contributed by atoms with van der Waals surface area (Å²) in [7, 11) is 0. The van der Waals surface area contributed by atoms with Crippen LogP contribution < -0.4 is 5.43 Å². The first-order chi connectivity index (χ1) is 12.2. The van der Waals surface area contributed by atoms with Gasteiger partial charge < -0.3 is 0 Å². The van der Waals surface area contributed by atoms with Crippen molar-refractivity contribution in [2.75, 3.05) is 0 Å². The number of para-hydroxylation sites is 1. The standard InChI is InChI=1S/C21H21N3O/c1-3-17(14-16-9-5-4-6-10-16)23-24-21(25)19-13-15(2)22-20-12-8-7-11-18(19)20/h4-13H,3,14H2,1-2H3,(H,24,25)/b23-17+. The fraction of sp³-hybridized carbons (Fsp3) is 0.190. The molecule has 0 spiro atoms. The van der Waals surface area contributed by atoms with Crippen LogP contribution in [0.5, 0.6) is 0 Å². The van der Waals surface area contributed by atoms with E-state index >= 15 is 0 Å². The van der Waals surface area contributed by atoms with Gasteiger partial charge in [-0.15, -0.1) is 0 Å². The Morgan fingerprint density at radius 3 is 2.56 bits per heavy atom. The predicted octanol–water partition coefficient (Wildman–Crippen LogP) is 4.28. The molecule has 4 nitrogen and oxygen atoms in total. The molecule has 3 aromatic rings. The highest BCUT2D eigenvalue weighted by Gasteiger charge is 2.11. The van der Waals surface area contributed by atoms with Crippen molar-refractivity contribution in [1.29, 1.82) is 0 Å². The van der Waals surface area contributed by atoms with Gasteiger partial charge in [-0.2, -0.15) is 5.10 Å². The van der Waals surface area contributed by atoms with Crippen LogP contribution in [0.15, 0.2) is 65.8 Å². The van der Waals surface area contributed by atoms with E-state index in [0.29, 0.717) is 5.56 Å². The third kappa shape index (κ3) is 4.10. The fourth-order valence-corrected chi connectivity index (χ4v) is 2.76. The molecule has 1 amide bonds. The smallest absolute Gasteiger partial charge is 0.267 e. The number of hydrogen-bond donors (Lipinski definition) is 1. The van der Waals surface area contributed by atoms with Crippen LogP contribution in [0.4, 0.5) is 0 Å². The van der Waals surface area contributed by atoms with Crippen molar-refractivity contribution < 1.29 is 4.79 Å². The Morgan fingerprint density at radius 2 is 1.80 bits per heavy atom. The number of pyridine rings is 1. The molecular weight excluding hydrogens is 310 g/mol. The van der Waals surface area contributed by atoms with E-state index in [9.17, 15) is 4.79 Å². The molecule has 0 saturated carbocycles. The monoisotopic (exact) mass is 331 g/mol. The van der Waals surface area contributed by atoms with Gasteiger partial charge in [-0.05, 0) is 31.0 Å². The number of aromatic nitrogens is 1. The predicted molar refractivity (Wildman–Crippen MR) is 102 cm³/mol. The lowest BCUT2D eigenvalue weighted by Gasteiger charge is -2.08. The molecule has 0 aliphatic heterocycles. The quantitative estimate of drug-likeness (QED) is 0.560. The molecule has 0 aliphatic rings. The number of carbonyl (C=O) groups is 1. The first kappa shape index (κ1) is 16.8. The minimum absolute atomic E-state index is 0.208. The Bertz CT molecular complexity index is 917. The van der Waals surface area contributed by atoms with Crippen LogP contribution in [0.2, 0.25) is 0 Å². The Balaban J connectivity index is 1.82. The third-order valence-electron chi connectivity index (χ3n) is 4.06. The van der Waals surface area contributed by atoms with Gasteiger partial charge in [0.25, 0.3) is 5.91 Å². The summed E-state index contributed by atoms with van der Waals surface area (Å²) in [6.07, 6.45) is 1.51. The van der Waals surface area contributed by atoms with E-state index in [2.05, 4.69) is 27.6 Å². The summed E-state index contributed by atoms with van der Waals surface area (Å²) in [5, 5.41) is 5.18. The molecule has 0 unspecified atom stereocenters. The average molecular weight is 331 g/mol. The van der Waals surface area contributed by atoms with E-state index in [-0.39, 0.29) is 5.91 Å². The zero-order chi connectivity index (χ0) is 17.6. The second-order valence-electron chi connectivity index (χ2n) is 5.96. The molecule has 0 saturated heterocycles. The van der Waals surface area contributed by atoms with Crippen LogP contribution in [0.25, 0.3) is 10.9 Å². The van der Waals surface area contributed by atoms with Crippen molar-refractivity contribution >= 4 is 22.5 Å². The maximum Gasteiger partial charge on any atom is 0.272 e. The number of nitrogens with zero attached hydrogens (tertiary/aromatic N) is 2. The summed E-state index contributed by atoms with van der Waals surface area (Å²) in [6, 6.07) is 19.6. The van der Waals surface area contributed by atoms with Gasteiger partial charge in [-0.3, -0.25) is 9.78 Å². The van der Waals surface area contributed by atoms with Crippen LogP contribution in [0.1, 0.15) is 35.0 Å². The van der Waals surface area contributed by atoms with E-state index in [0.717, 1.165) is 35.2 Å². The number of hydrazone groups is 1. The molecule has 0 bridgehead atoms. The molecule has 0 radical (unpaired) electrons. The molecule has 1 aromatic heterocycles. The molecule has 0 aliphatic carbocycles. The minimum atomic E-state index is -0.208. The summed E-state index contributed by atoms with van der Waals surface area (Å²) in [4.78, 5) is 17.1. The molecule has 2 aromatic carbocycles. The van der Waals surface area contributed by atoms with Gasteiger partial charge in [0.05, 0.1) is 11.1 Å². The van der Waals surface area contributed by atoms with Crippen LogP contribution in [-0.2, 0) is 6.42 Å². The first-order valence-corrected chi connectivity index (χ1v) is 8.43. The summed E-state index contributed by atoms with van der Waals surface area (Å²) in [5.41, 5.74) is 7.06. The van der Waals surface area contributed by atoms with Gasteiger partial charge in [0.15, 0.2) is 0 Å². The highest BCUT2D eigenvalue weighted by molar-refractivity contribution is 6.06. The SMILES string of the molecule is CC/C(Cc1ccccc1)=N\NC(=O)c1cc(C)nc2ccccc12. The molecule has 25 heavy (non-hydrogen) atoms. The molecule has 3 rings (SSSR count). The summed E-state index contributed by atoms with van der Waals surface area (Å²) in [6.45, 7) is 3.93. The summed E-state index contributed by atoms with van der Waals surface area (Å²) in [5.74, 6) is -0.208. The molecule has 0 atom stereocenters. The second-order valence-corrected chi connectivity index (χ2v) is 5.96. The van der Waals surface area contributed by atoms with Gasteiger partial charge in [0.2, 0.25) is 0 Å². The topological polar surface area (TPSA) is 54.4 Å². The molecule has 4 heteroatoms. The number of aryl methyl sites for hydroxylation is 1. The number of rotatable bonds is 5. The fourth-order valence-electron chi connectivity index (χ4n) is 2.76. The number of nitrogens with one attached hydrogen (secondary N) is 1. The van der Waals surface area contributed by atoms with Gasteiger partial charge in [-0.25, -0.2) is 5.43 Å². The Labute approximate surface area is 147 Å². The van der Waals surface area contributed by atoms with Crippen LogP contribution in [0, 0.1) is 6.92 Å².